The lowest BCUT2D eigenvalue weighted by Gasteiger charge is -2.35. The number of thioether (sulfide) groups is 1. The molecule has 0 aromatic heterocycles. The van der Waals surface area contributed by atoms with Crippen molar-refractivity contribution in [2.24, 2.45) is 5.41 Å². The molecule has 16 heavy (non-hydrogen) atoms. The maximum atomic E-state index is 5.36. The van der Waals surface area contributed by atoms with Crippen LogP contribution < -0.4 is 10.1 Å². The van der Waals surface area contributed by atoms with Crippen molar-refractivity contribution in [1.82, 2.24) is 0 Å². The molecule has 2 nitrogen and oxygen atoms in total. The van der Waals surface area contributed by atoms with Gasteiger partial charge in [-0.25, -0.2) is 0 Å². The Morgan fingerprint density at radius 1 is 1.38 bits per heavy atom. The van der Waals surface area contributed by atoms with Crippen molar-refractivity contribution in [3.8, 4) is 5.75 Å². The van der Waals surface area contributed by atoms with E-state index < -0.39 is 0 Å². The maximum Gasteiger partial charge on any atom is 0.143 e. The number of rotatable bonds is 1. The average Bonchev–Trinajstić information content (AvgIpc) is 2.26. The second-order valence-corrected chi connectivity index (χ2v) is 6.43. The highest BCUT2D eigenvalue weighted by atomic mass is 32.2. The standard InChI is InChI=1S/C13H19NOS/c1-13(2,3)11-8-14-12-9(15-4)6-5-7-10(12)16-11/h5-7,11,14H,8H2,1-4H3. The first-order valence-corrected chi connectivity index (χ1v) is 6.48. The van der Waals surface area contributed by atoms with Gasteiger partial charge in [-0.2, -0.15) is 0 Å². The lowest BCUT2D eigenvalue weighted by atomic mass is 9.91. The van der Waals surface area contributed by atoms with Crippen LogP contribution in [0.1, 0.15) is 20.8 Å². The van der Waals surface area contributed by atoms with E-state index in [9.17, 15) is 0 Å². The first-order chi connectivity index (χ1) is 7.52. The van der Waals surface area contributed by atoms with Crippen molar-refractivity contribution in [1.29, 1.82) is 0 Å². The van der Waals surface area contributed by atoms with Crippen LogP contribution in [-0.2, 0) is 0 Å². The molecule has 2 rings (SSSR count). The zero-order valence-electron chi connectivity index (χ0n) is 10.3. The van der Waals surface area contributed by atoms with E-state index in [0.29, 0.717) is 10.7 Å². The predicted octanol–water partition coefficient (Wildman–Crippen LogP) is 3.63. The van der Waals surface area contributed by atoms with Crippen molar-refractivity contribution in [2.75, 3.05) is 19.0 Å². The number of anilines is 1. The van der Waals surface area contributed by atoms with Gasteiger partial charge in [-0.3, -0.25) is 0 Å². The highest BCUT2D eigenvalue weighted by Gasteiger charge is 2.30. The first-order valence-electron chi connectivity index (χ1n) is 5.60. The minimum atomic E-state index is 0.318. The van der Waals surface area contributed by atoms with E-state index in [1.165, 1.54) is 4.90 Å². The maximum absolute atomic E-state index is 5.36. The zero-order chi connectivity index (χ0) is 11.8. The monoisotopic (exact) mass is 237 g/mol. The Bertz CT molecular complexity index is 384. The molecule has 1 aromatic rings. The molecule has 0 aliphatic carbocycles. The lowest BCUT2D eigenvalue weighted by Crippen LogP contribution is -2.33. The molecule has 0 spiro atoms. The van der Waals surface area contributed by atoms with Gasteiger partial charge in [0, 0.05) is 16.7 Å². The molecule has 1 unspecified atom stereocenters. The second-order valence-electron chi connectivity index (χ2n) is 5.19. The molecule has 1 heterocycles. The molecular formula is C13H19NOS. The number of para-hydroxylation sites is 1. The molecule has 0 saturated heterocycles. The number of fused-ring (bicyclic) bond motifs is 1. The van der Waals surface area contributed by atoms with E-state index >= 15 is 0 Å². The van der Waals surface area contributed by atoms with Crippen molar-refractivity contribution < 1.29 is 4.74 Å². The predicted molar refractivity (Wildman–Crippen MR) is 70.6 cm³/mol. The third kappa shape index (κ3) is 2.14. The van der Waals surface area contributed by atoms with E-state index in [1.54, 1.807) is 7.11 Å². The third-order valence-electron chi connectivity index (χ3n) is 2.91. The summed E-state index contributed by atoms with van der Waals surface area (Å²) in [5.41, 5.74) is 1.47. The molecule has 1 aliphatic heterocycles. The SMILES string of the molecule is COc1cccc2c1NCC(C(C)(C)C)S2. The number of benzene rings is 1. The Balaban J connectivity index is 2.28. The van der Waals surface area contributed by atoms with Crippen LogP contribution in [0.2, 0.25) is 0 Å². The van der Waals surface area contributed by atoms with Crippen molar-refractivity contribution in [2.45, 2.75) is 30.9 Å². The fourth-order valence-corrected chi connectivity index (χ4v) is 3.10. The first kappa shape index (κ1) is 11.6. The number of nitrogens with one attached hydrogen (secondary N) is 1. The van der Waals surface area contributed by atoms with Crippen LogP contribution in [0, 0.1) is 5.41 Å². The van der Waals surface area contributed by atoms with Gasteiger partial charge in [-0.15, -0.1) is 11.8 Å². The number of ether oxygens (including phenoxy) is 1. The quantitative estimate of drug-likeness (QED) is 0.806. The van der Waals surface area contributed by atoms with Gasteiger partial charge in [0.1, 0.15) is 5.75 Å². The van der Waals surface area contributed by atoms with Crippen molar-refractivity contribution in [3.05, 3.63) is 18.2 Å². The average molecular weight is 237 g/mol. The Kier molecular flexibility index (Phi) is 3.06. The van der Waals surface area contributed by atoms with Gasteiger partial charge in [-0.1, -0.05) is 26.8 Å². The molecule has 0 bridgehead atoms. The largest absolute Gasteiger partial charge is 0.495 e. The molecule has 1 N–H and O–H groups in total. The van der Waals surface area contributed by atoms with Gasteiger partial charge in [0.05, 0.1) is 12.8 Å². The Morgan fingerprint density at radius 2 is 2.12 bits per heavy atom. The normalized spacial score (nSPS) is 19.9. The highest BCUT2D eigenvalue weighted by molar-refractivity contribution is 8.00. The molecule has 0 fully saturated rings. The lowest BCUT2D eigenvalue weighted by molar-refractivity contribution is 0.397. The summed E-state index contributed by atoms with van der Waals surface area (Å²) >= 11 is 1.95. The molecule has 88 valence electrons. The Labute approximate surface area is 102 Å². The minimum Gasteiger partial charge on any atom is -0.495 e. The van der Waals surface area contributed by atoms with Gasteiger partial charge in [0.25, 0.3) is 0 Å². The van der Waals surface area contributed by atoms with E-state index in [1.807, 2.05) is 17.8 Å². The molecule has 1 aliphatic rings. The topological polar surface area (TPSA) is 21.3 Å². The summed E-state index contributed by atoms with van der Waals surface area (Å²) in [6.07, 6.45) is 0. The van der Waals surface area contributed by atoms with Gasteiger partial charge < -0.3 is 10.1 Å². The summed E-state index contributed by atoms with van der Waals surface area (Å²) in [5.74, 6) is 0.942. The van der Waals surface area contributed by atoms with Crippen LogP contribution in [0.5, 0.6) is 5.75 Å². The fourth-order valence-electron chi connectivity index (χ4n) is 1.83. The molecule has 1 atom stereocenters. The summed E-state index contributed by atoms with van der Waals surface area (Å²) in [7, 11) is 1.72. The molecular weight excluding hydrogens is 218 g/mol. The zero-order valence-corrected chi connectivity index (χ0v) is 11.1. The van der Waals surface area contributed by atoms with Crippen LogP contribution in [0.15, 0.2) is 23.1 Å². The van der Waals surface area contributed by atoms with Crippen LogP contribution in [0.3, 0.4) is 0 Å². The summed E-state index contributed by atoms with van der Waals surface area (Å²) in [6, 6.07) is 6.22. The second kappa shape index (κ2) is 4.21. The van der Waals surface area contributed by atoms with Crippen LogP contribution in [-0.4, -0.2) is 18.9 Å². The molecule has 0 amide bonds. The van der Waals surface area contributed by atoms with Gasteiger partial charge in [0.2, 0.25) is 0 Å². The van der Waals surface area contributed by atoms with Crippen LogP contribution in [0.25, 0.3) is 0 Å². The van der Waals surface area contributed by atoms with Gasteiger partial charge in [-0.05, 0) is 17.5 Å². The van der Waals surface area contributed by atoms with Gasteiger partial charge >= 0.3 is 0 Å². The van der Waals surface area contributed by atoms with Crippen molar-refractivity contribution in [3.63, 3.8) is 0 Å². The van der Waals surface area contributed by atoms with Gasteiger partial charge in [0.15, 0.2) is 0 Å². The van der Waals surface area contributed by atoms with Crippen LogP contribution >= 0.6 is 11.8 Å². The van der Waals surface area contributed by atoms with E-state index in [-0.39, 0.29) is 0 Å². The molecule has 0 saturated carbocycles. The number of methoxy groups -OCH3 is 1. The Hall–Kier alpha value is -0.830. The van der Waals surface area contributed by atoms with Crippen LogP contribution in [0.4, 0.5) is 5.69 Å². The molecule has 1 aromatic carbocycles. The van der Waals surface area contributed by atoms with E-state index in [2.05, 4.69) is 38.2 Å². The number of hydrogen-bond acceptors (Lipinski definition) is 3. The third-order valence-corrected chi connectivity index (χ3v) is 4.66. The minimum absolute atomic E-state index is 0.318. The summed E-state index contributed by atoms with van der Waals surface area (Å²) in [6.45, 7) is 7.87. The summed E-state index contributed by atoms with van der Waals surface area (Å²) < 4.78 is 5.36. The van der Waals surface area contributed by atoms with E-state index in [0.717, 1.165) is 18.0 Å². The van der Waals surface area contributed by atoms with Crippen molar-refractivity contribution >= 4 is 17.4 Å². The smallest absolute Gasteiger partial charge is 0.143 e. The highest BCUT2D eigenvalue weighted by Crippen LogP contribution is 2.45. The fraction of sp³-hybridized carbons (Fsp3) is 0.538. The molecule has 3 heteroatoms. The summed E-state index contributed by atoms with van der Waals surface area (Å²) in [5, 5.41) is 4.10. The van der Waals surface area contributed by atoms with E-state index in [4.69, 9.17) is 4.74 Å². The Morgan fingerprint density at radius 3 is 2.75 bits per heavy atom. The summed E-state index contributed by atoms with van der Waals surface area (Å²) in [4.78, 5) is 1.30. The number of hydrogen-bond donors (Lipinski definition) is 1. The molecule has 0 radical (unpaired) electrons.